The molecule has 10 heteroatoms. The molecule has 2 heterocycles. The number of hydrogen-bond acceptors (Lipinski definition) is 7. The molecule has 1 atom stereocenters. The summed E-state index contributed by atoms with van der Waals surface area (Å²) in [5.41, 5.74) is 1.15. The number of carbonyl (C=O) groups is 2. The van der Waals surface area contributed by atoms with E-state index in [1.165, 1.54) is 23.7 Å². The van der Waals surface area contributed by atoms with Gasteiger partial charge in [-0.3, -0.25) is 4.79 Å². The van der Waals surface area contributed by atoms with Crippen LogP contribution in [-0.4, -0.2) is 78.1 Å². The van der Waals surface area contributed by atoms with Crippen molar-refractivity contribution in [3.63, 3.8) is 0 Å². The fraction of sp³-hybridized carbons (Fsp3) is 0.400. The molecule has 0 bridgehead atoms. The first-order valence-corrected chi connectivity index (χ1v) is 10.7. The highest BCUT2D eigenvalue weighted by Crippen LogP contribution is 2.29. The van der Waals surface area contributed by atoms with Gasteiger partial charge in [-0.15, -0.1) is 0 Å². The maximum absolute atomic E-state index is 13.2. The Hall–Kier alpha value is -3.01. The van der Waals surface area contributed by atoms with Crippen LogP contribution in [0.1, 0.15) is 17.3 Å². The van der Waals surface area contributed by atoms with Crippen LogP contribution < -0.4 is 14.5 Å². The highest BCUT2D eigenvalue weighted by Gasteiger charge is 2.28. The maximum atomic E-state index is 13.2. The number of fused-ring (bicyclic) bond motifs is 1. The number of amides is 2. The molecule has 160 valence electrons. The third-order valence-electron chi connectivity index (χ3n) is 4.75. The van der Waals surface area contributed by atoms with Gasteiger partial charge < -0.3 is 24.5 Å². The molecular weight excluding hydrogens is 406 g/mol. The lowest BCUT2D eigenvalue weighted by molar-refractivity contribution is 0.0989. The molecule has 1 aliphatic heterocycles. The van der Waals surface area contributed by atoms with Gasteiger partial charge in [0, 0.05) is 45.1 Å². The van der Waals surface area contributed by atoms with E-state index in [2.05, 4.69) is 9.97 Å². The molecular formula is C20H25N5O4S. The number of nitrogens with zero attached hydrogens (tertiary/aromatic N) is 5. The summed E-state index contributed by atoms with van der Waals surface area (Å²) < 4.78 is 5.87. The Morgan fingerprint density at radius 3 is 2.87 bits per heavy atom. The van der Waals surface area contributed by atoms with Crippen LogP contribution in [0.5, 0.6) is 5.75 Å². The van der Waals surface area contributed by atoms with Crippen LogP contribution in [0, 0.1) is 0 Å². The van der Waals surface area contributed by atoms with Gasteiger partial charge in [0.05, 0.1) is 6.54 Å². The predicted molar refractivity (Wildman–Crippen MR) is 116 cm³/mol. The molecule has 0 fully saturated rings. The van der Waals surface area contributed by atoms with E-state index in [0.717, 1.165) is 0 Å². The van der Waals surface area contributed by atoms with Gasteiger partial charge in [0.1, 0.15) is 23.2 Å². The molecule has 1 aromatic carbocycles. The van der Waals surface area contributed by atoms with E-state index in [4.69, 9.17) is 9.84 Å². The van der Waals surface area contributed by atoms with Crippen LogP contribution in [-0.2, 0) is 0 Å². The fourth-order valence-electron chi connectivity index (χ4n) is 3.20. The number of carbonyl (C=O) groups excluding carboxylic acids is 1. The number of aromatic nitrogens is 2. The summed E-state index contributed by atoms with van der Waals surface area (Å²) in [5.74, 6) is 1.02. The van der Waals surface area contributed by atoms with Gasteiger partial charge >= 0.3 is 6.09 Å². The summed E-state index contributed by atoms with van der Waals surface area (Å²) in [6.07, 6.45) is 2.12. The Balaban J connectivity index is 1.82. The first-order valence-electron chi connectivity index (χ1n) is 9.45. The highest BCUT2D eigenvalue weighted by molar-refractivity contribution is 7.98. The minimum Gasteiger partial charge on any atom is -0.489 e. The van der Waals surface area contributed by atoms with Gasteiger partial charge in [-0.2, -0.15) is 0 Å². The summed E-state index contributed by atoms with van der Waals surface area (Å²) >= 11 is 1.43. The Bertz CT molecular complexity index is 941. The van der Waals surface area contributed by atoms with Crippen LogP contribution in [0.4, 0.5) is 16.3 Å². The zero-order chi connectivity index (χ0) is 21.8. The second-order valence-corrected chi connectivity index (χ2v) is 7.83. The van der Waals surface area contributed by atoms with Gasteiger partial charge in [-0.05, 0) is 25.3 Å². The maximum Gasteiger partial charge on any atom is 0.407 e. The molecule has 0 saturated heterocycles. The van der Waals surface area contributed by atoms with Crippen molar-refractivity contribution < 1.29 is 19.4 Å². The van der Waals surface area contributed by atoms with Crippen molar-refractivity contribution in [3.05, 3.63) is 36.0 Å². The minimum atomic E-state index is -1.01. The lowest BCUT2D eigenvalue weighted by atomic mass is 10.2. The average Bonchev–Trinajstić information content (AvgIpc) is 2.84. The Morgan fingerprint density at radius 1 is 1.40 bits per heavy atom. The van der Waals surface area contributed by atoms with Crippen molar-refractivity contribution in [1.82, 2.24) is 14.9 Å². The van der Waals surface area contributed by atoms with Crippen LogP contribution in [0.2, 0.25) is 0 Å². The van der Waals surface area contributed by atoms with Crippen LogP contribution in [0.15, 0.2) is 35.6 Å². The van der Waals surface area contributed by atoms with Crippen molar-refractivity contribution >= 4 is 35.3 Å². The van der Waals surface area contributed by atoms with Gasteiger partial charge in [-0.1, -0.05) is 17.8 Å². The fourth-order valence-corrected chi connectivity index (χ4v) is 3.54. The van der Waals surface area contributed by atoms with Crippen molar-refractivity contribution in [2.45, 2.75) is 18.2 Å². The molecule has 0 radical (unpaired) electrons. The Labute approximate surface area is 179 Å². The van der Waals surface area contributed by atoms with E-state index >= 15 is 0 Å². The van der Waals surface area contributed by atoms with Gasteiger partial charge in [-0.25, -0.2) is 14.8 Å². The molecule has 1 N–H and O–H groups in total. The largest absolute Gasteiger partial charge is 0.489 e. The smallest absolute Gasteiger partial charge is 0.407 e. The van der Waals surface area contributed by atoms with Crippen molar-refractivity contribution in [2.24, 2.45) is 0 Å². The highest BCUT2D eigenvalue weighted by atomic mass is 32.2. The van der Waals surface area contributed by atoms with Gasteiger partial charge in [0.25, 0.3) is 5.91 Å². The van der Waals surface area contributed by atoms with Crippen LogP contribution in [0.25, 0.3) is 0 Å². The zero-order valence-electron chi connectivity index (χ0n) is 17.4. The summed E-state index contributed by atoms with van der Waals surface area (Å²) in [4.78, 5) is 37.8. The number of carboxylic acid groups (broad SMARTS) is 1. The molecule has 30 heavy (non-hydrogen) atoms. The van der Waals surface area contributed by atoms with E-state index in [1.54, 1.807) is 30.2 Å². The summed E-state index contributed by atoms with van der Waals surface area (Å²) in [6, 6.07) is 7.24. The molecule has 3 rings (SSSR count). The number of benzene rings is 1. The van der Waals surface area contributed by atoms with Crippen LogP contribution >= 0.6 is 11.8 Å². The summed E-state index contributed by atoms with van der Waals surface area (Å²) in [7, 11) is 3.40. The van der Waals surface area contributed by atoms with Crippen molar-refractivity contribution in [1.29, 1.82) is 0 Å². The normalized spacial score (nSPS) is 14.7. The van der Waals surface area contributed by atoms with Crippen molar-refractivity contribution in [2.75, 3.05) is 49.8 Å². The van der Waals surface area contributed by atoms with Gasteiger partial charge in [0.15, 0.2) is 5.16 Å². The van der Waals surface area contributed by atoms with E-state index < -0.39 is 6.09 Å². The molecule has 2 amide bonds. The van der Waals surface area contributed by atoms with E-state index in [9.17, 15) is 9.59 Å². The number of thioether (sulfide) groups is 1. The lowest BCUT2D eigenvalue weighted by Gasteiger charge is -2.23. The second kappa shape index (κ2) is 9.21. The minimum absolute atomic E-state index is 0.169. The van der Waals surface area contributed by atoms with E-state index in [-0.39, 0.29) is 18.6 Å². The predicted octanol–water partition coefficient (Wildman–Crippen LogP) is 2.67. The Morgan fingerprint density at radius 2 is 2.17 bits per heavy atom. The van der Waals surface area contributed by atoms with Crippen LogP contribution in [0.3, 0.4) is 0 Å². The zero-order valence-corrected chi connectivity index (χ0v) is 18.2. The lowest BCUT2D eigenvalue weighted by Crippen LogP contribution is -2.35. The third kappa shape index (κ3) is 4.76. The summed E-state index contributed by atoms with van der Waals surface area (Å²) in [5, 5.41) is 9.63. The molecule has 2 aromatic rings. The molecule has 0 spiro atoms. The SMILES string of the molecule is CSc1ncc2c(n1)N(C)CCN(c1cccc(OC(C)CN(C)C(=O)O)c1)C2=O. The quantitative estimate of drug-likeness (QED) is 0.551. The van der Waals surface area contributed by atoms with Crippen molar-refractivity contribution in [3.8, 4) is 5.75 Å². The molecule has 1 unspecified atom stereocenters. The molecule has 9 nitrogen and oxygen atoms in total. The standard InChI is InChI=1S/C20H25N5O4S/c1-13(12-24(3)20(27)28)29-15-7-5-6-14(10-15)25-9-8-23(2)17-16(18(25)26)11-21-19(22-17)30-4/h5-7,10-11,13H,8-9,12H2,1-4H3,(H,27,28). The molecule has 1 aromatic heterocycles. The number of rotatable bonds is 6. The number of hydrogen-bond donors (Lipinski definition) is 1. The van der Waals surface area contributed by atoms with E-state index in [0.29, 0.717) is 41.1 Å². The topological polar surface area (TPSA) is 99.1 Å². The third-order valence-corrected chi connectivity index (χ3v) is 5.31. The Kier molecular flexibility index (Phi) is 6.66. The molecule has 1 aliphatic rings. The molecule has 0 aliphatic carbocycles. The average molecular weight is 432 g/mol. The first-order chi connectivity index (χ1) is 14.3. The molecule has 0 saturated carbocycles. The first kappa shape index (κ1) is 21.7. The number of ether oxygens (including phenoxy) is 1. The summed E-state index contributed by atoms with van der Waals surface area (Å²) in [6.45, 7) is 3.14. The number of likely N-dealkylation sites (N-methyl/N-ethyl adjacent to an activating group) is 2. The monoisotopic (exact) mass is 431 g/mol. The van der Waals surface area contributed by atoms with Gasteiger partial charge in [0.2, 0.25) is 0 Å². The second-order valence-electron chi connectivity index (χ2n) is 7.06. The van der Waals surface area contributed by atoms with E-state index in [1.807, 2.05) is 30.3 Å². The number of anilines is 2.